The number of alkyl halides is 2. The zero-order valence-corrected chi connectivity index (χ0v) is 14.8. The van der Waals surface area contributed by atoms with Crippen molar-refractivity contribution in [3.05, 3.63) is 54.0 Å². The highest BCUT2D eigenvalue weighted by molar-refractivity contribution is 6.09. The molecule has 1 aromatic heterocycles. The standard InChI is InChI=1S/C18H17F2N3O5/c1-18(11-4-6-12(7-5-11)28-16(19)20)15(25)23(17(26)22-18)10-14(24)21-9-13-3-2-8-27-13/h2-8,16H,9-10H2,1H3,(H,21,24)(H,22,26)/t18-/m1/s1. The minimum Gasteiger partial charge on any atom is -0.467 e. The number of urea groups is 1. The maximum Gasteiger partial charge on any atom is 0.387 e. The molecule has 148 valence electrons. The summed E-state index contributed by atoms with van der Waals surface area (Å²) in [6, 6.07) is 7.95. The zero-order chi connectivity index (χ0) is 20.3. The lowest BCUT2D eigenvalue weighted by Gasteiger charge is -2.22. The van der Waals surface area contributed by atoms with Gasteiger partial charge in [-0.05, 0) is 36.8 Å². The zero-order valence-electron chi connectivity index (χ0n) is 14.8. The Kier molecular flexibility index (Phi) is 5.30. The lowest BCUT2D eigenvalue weighted by Crippen LogP contribution is -2.43. The summed E-state index contributed by atoms with van der Waals surface area (Å²) in [6.45, 7) is -1.84. The van der Waals surface area contributed by atoms with Gasteiger partial charge in [-0.25, -0.2) is 4.79 Å². The average Bonchev–Trinajstić information content (AvgIpc) is 3.23. The van der Waals surface area contributed by atoms with Gasteiger partial charge in [0.05, 0.1) is 12.8 Å². The molecule has 0 bridgehead atoms. The van der Waals surface area contributed by atoms with E-state index in [0.29, 0.717) is 11.3 Å². The van der Waals surface area contributed by atoms with Gasteiger partial charge >= 0.3 is 12.6 Å². The summed E-state index contributed by atoms with van der Waals surface area (Å²) in [7, 11) is 0. The number of nitrogens with one attached hydrogen (secondary N) is 2. The van der Waals surface area contributed by atoms with Crippen LogP contribution in [0.1, 0.15) is 18.2 Å². The van der Waals surface area contributed by atoms with Gasteiger partial charge in [0, 0.05) is 0 Å². The number of hydrogen-bond acceptors (Lipinski definition) is 5. The summed E-state index contributed by atoms with van der Waals surface area (Å²) >= 11 is 0. The highest BCUT2D eigenvalue weighted by atomic mass is 19.3. The van der Waals surface area contributed by atoms with E-state index >= 15 is 0 Å². The van der Waals surface area contributed by atoms with Crippen LogP contribution in [-0.2, 0) is 21.7 Å². The van der Waals surface area contributed by atoms with Crippen LogP contribution in [0.4, 0.5) is 13.6 Å². The van der Waals surface area contributed by atoms with E-state index in [9.17, 15) is 23.2 Å². The van der Waals surface area contributed by atoms with Crippen molar-refractivity contribution in [1.29, 1.82) is 0 Å². The van der Waals surface area contributed by atoms with E-state index in [1.807, 2.05) is 0 Å². The molecule has 1 saturated heterocycles. The maximum absolute atomic E-state index is 12.8. The molecule has 1 aliphatic rings. The minimum atomic E-state index is -2.97. The molecule has 8 nitrogen and oxygen atoms in total. The number of carbonyl (C=O) groups is 3. The molecule has 0 radical (unpaired) electrons. The average molecular weight is 393 g/mol. The van der Waals surface area contributed by atoms with E-state index in [4.69, 9.17) is 4.42 Å². The third-order valence-corrected chi connectivity index (χ3v) is 4.27. The number of furan rings is 1. The Labute approximate surface area is 158 Å². The highest BCUT2D eigenvalue weighted by Gasteiger charge is 2.49. The molecule has 2 heterocycles. The van der Waals surface area contributed by atoms with Gasteiger partial charge in [-0.3, -0.25) is 14.5 Å². The normalized spacial score (nSPS) is 19.1. The molecule has 2 N–H and O–H groups in total. The first-order valence-electron chi connectivity index (χ1n) is 8.28. The van der Waals surface area contributed by atoms with Crippen molar-refractivity contribution in [2.45, 2.75) is 25.6 Å². The van der Waals surface area contributed by atoms with Gasteiger partial charge in [-0.15, -0.1) is 0 Å². The van der Waals surface area contributed by atoms with E-state index < -0.39 is 36.5 Å². The van der Waals surface area contributed by atoms with E-state index in [1.54, 1.807) is 12.1 Å². The summed E-state index contributed by atoms with van der Waals surface area (Å²) in [6.07, 6.45) is 1.46. The molecule has 4 amide bonds. The summed E-state index contributed by atoms with van der Waals surface area (Å²) in [5.41, 5.74) is -1.06. The molecule has 0 spiro atoms. The number of halogens is 2. The fraction of sp³-hybridized carbons (Fsp3) is 0.278. The number of imide groups is 1. The number of nitrogens with zero attached hydrogens (tertiary/aromatic N) is 1. The van der Waals surface area contributed by atoms with Crippen LogP contribution in [0.15, 0.2) is 47.1 Å². The van der Waals surface area contributed by atoms with Crippen LogP contribution in [0.3, 0.4) is 0 Å². The van der Waals surface area contributed by atoms with Crippen LogP contribution in [0, 0.1) is 0 Å². The number of ether oxygens (including phenoxy) is 1. The quantitative estimate of drug-likeness (QED) is 0.701. The van der Waals surface area contributed by atoms with Crippen LogP contribution in [-0.4, -0.2) is 35.9 Å². The topological polar surface area (TPSA) is 101 Å². The van der Waals surface area contributed by atoms with Crippen LogP contribution < -0.4 is 15.4 Å². The second-order valence-electron chi connectivity index (χ2n) is 6.21. The predicted octanol–water partition coefficient (Wildman–Crippen LogP) is 1.96. The van der Waals surface area contributed by atoms with Crippen molar-refractivity contribution in [1.82, 2.24) is 15.5 Å². The first-order chi connectivity index (χ1) is 13.3. The second kappa shape index (κ2) is 7.67. The molecule has 3 rings (SSSR count). The van der Waals surface area contributed by atoms with Gasteiger partial charge in [0.1, 0.15) is 23.6 Å². The Balaban J connectivity index is 1.67. The lowest BCUT2D eigenvalue weighted by molar-refractivity contribution is -0.134. The largest absolute Gasteiger partial charge is 0.467 e. The number of benzene rings is 1. The molecule has 2 aromatic rings. The molecule has 0 unspecified atom stereocenters. The van der Waals surface area contributed by atoms with Crippen LogP contribution in [0.25, 0.3) is 0 Å². The Morgan fingerprint density at radius 2 is 2.00 bits per heavy atom. The molecular formula is C18H17F2N3O5. The summed E-state index contributed by atoms with van der Waals surface area (Å²) in [4.78, 5) is 37.8. The Bertz CT molecular complexity index is 870. The number of carbonyl (C=O) groups excluding carboxylic acids is 3. The third-order valence-electron chi connectivity index (χ3n) is 4.27. The maximum atomic E-state index is 12.8. The molecule has 1 atom stereocenters. The van der Waals surface area contributed by atoms with Gasteiger partial charge in [-0.2, -0.15) is 8.78 Å². The number of amides is 4. The van der Waals surface area contributed by atoms with Gasteiger partial charge in [0.2, 0.25) is 5.91 Å². The minimum absolute atomic E-state index is 0.0757. The van der Waals surface area contributed by atoms with Crippen LogP contribution in [0.2, 0.25) is 0 Å². The Morgan fingerprint density at radius 3 is 2.61 bits per heavy atom. The van der Waals surface area contributed by atoms with Crippen LogP contribution >= 0.6 is 0 Å². The summed E-state index contributed by atoms with van der Waals surface area (Å²) < 4.78 is 33.9. The molecule has 1 aromatic carbocycles. The monoisotopic (exact) mass is 393 g/mol. The van der Waals surface area contributed by atoms with Gasteiger partial charge < -0.3 is 19.8 Å². The molecule has 28 heavy (non-hydrogen) atoms. The first-order valence-corrected chi connectivity index (χ1v) is 8.28. The van der Waals surface area contributed by atoms with Crippen molar-refractivity contribution < 1.29 is 32.3 Å². The Hall–Kier alpha value is -3.43. The van der Waals surface area contributed by atoms with E-state index in [-0.39, 0.29) is 12.3 Å². The smallest absolute Gasteiger partial charge is 0.387 e. The fourth-order valence-corrected chi connectivity index (χ4v) is 2.80. The first kappa shape index (κ1) is 19.3. The van der Waals surface area contributed by atoms with Crippen LogP contribution in [0.5, 0.6) is 5.75 Å². The van der Waals surface area contributed by atoms with Crippen molar-refractivity contribution in [2.24, 2.45) is 0 Å². The molecule has 0 aliphatic carbocycles. The van der Waals surface area contributed by atoms with Gasteiger partial charge in [0.25, 0.3) is 5.91 Å². The molecule has 0 saturated carbocycles. The predicted molar refractivity (Wildman–Crippen MR) is 91.2 cm³/mol. The summed E-state index contributed by atoms with van der Waals surface area (Å²) in [5.74, 6) is -0.715. The molecule has 1 aliphatic heterocycles. The Morgan fingerprint density at radius 1 is 1.29 bits per heavy atom. The van der Waals surface area contributed by atoms with E-state index in [0.717, 1.165) is 4.90 Å². The molecular weight excluding hydrogens is 376 g/mol. The van der Waals surface area contributed by atoms with E-state index in [2.05, 4.69) is 15.4 Å². The molecule has 1 fully saturated rings. The second-order valence-corrected chi connectivity index (χ2v) is 6.21. The van der Waals surface area contributed by atoms with Crippen molar-refractivity contribution in [3.63, 3.8) is 0 Å². The van der Waals surface area contributed by atoms with Gasteiger partial charge in [0.15, 0.2) is 0 Å². The number of rotatable bonds is 7. The summed E-state index contributed by atoms with van der Waals surface area (Å²) in [5, 5.41) is 5.08. The van der Waals surface area contributed by atoms with Crippen molar-refractivity contribution >= 4 is 17.8 Å². The molecule has 10 heteroatoms. The fourth-order valence-electron chi connectivity index (χ4n) is 2.80. The van der Waals surface area contributed by atoms with Gasteiger partial charge in [-0.1, -0.05) is 12.1 Å². The van der Waals surface area contributed by atoms with Crippen molar-refractivity contribution in [3.8, 4) is 5.75 Å². The SMILES string of the molecule is C[C@]1(c2ccc(OC(F)F)cc2)NC(=O)N(CC(=O)NCc2ccco2)C1=O. The van der Waals surface area contributed by atoms with E-state index in [1.165, 1.54) is 37.5 Å². The van der Waals surface area contributed by atoms with Crippen molar-refractivity contribution in [2.75, 3.05) is 6.54 Å². The highest BCUT2D eigenvalue weighted by Crippen LogP contribution is 2.30. The third kappa shape index (κ3) is 3.95. The lowest BCUT2D eigenvalue weighted by atomic mass is 9.92. The number of hydrogen-bond donors (Lipinski definition) is 2.